The Balaban J connectivity index is 1.77. The monoisotopic (exact) mass is 278 g/mol. The van der Waals surface area contributed by atoms with Gasteiger partial charge in [-0.05, 0) is 44.9 Å². The Morgan fingerprint density at radius 3 is 2.45 bits per heavy atom. The quantitative estimate of drug-likeness (QED) is 0.636. The third-order valence-corrected chi connectivity index (χ3v) is 3.95. The third-order valence-electron chi connectivity index (χ3n) is 3.95. The number of aromatic nitrogens is 3. The van der Waals surface area contributed by atoms with Crippen LogP contribution in [0.4, 0.5) is 11.9 Å². The summed E-state index contributed by atoms with van der Waals surface area (Å²) in [6, 6.07) is 0.389. The largest absolute Gasteiger partial charge is 0.460 e. The van der Waals surface area contributed by atoms with Crippen LogP contribution in [0.25, 0.3) is 0 Å². The molecule has 20 heavy (non-hydrogen) atoms. The molecule has 0 amide bonds. The number of anilines is 2. The second kappa shape index (κ2) is 6.21. The summed E-state index contributed by atoms with van der Waals surface area (Å²) in [5, 5.41) is 0. The molecule has 1 aliphatic heterocycles. The van der Waals surface area contributed by atoms with Crippen LogP contribution in [0.3, 0.4) is 0 Å². The minimum Gasteiger partial charge on any atom is -0.460 e. The SMILES string of the molecule is NNc1nc(OC2CCCC2)nc(N2CCCCC2)n1. The van der Waals surface area contributed by atoms with Crippen molar-refractivity contribution in [1.82, 2.24) is 15.0 Å². The van der Waals surface area contributed by atoms with E-state index in [9.17, 15) is 0 Å². The molecule has 2 heterocycles. The number of nitrogens with one attached hydrogen (secondary N) is 1. The normalized spacial score (nSPS) is 20.1. The fraction of sp³-hybridized carbons (Fsp3) is 0.769. The van der Waals surface area contributed by atoms with Crippen LogP contribution in [-0.4, -0.2) is 34.1 Å². The molecule has 0 radical (unpaired) electrons. The maximum absolute atomic E-state index is 5.86. The molecule has 0 spiro atoms. The Labute approximate surface area is 118 Å². The van der Waals surface area contributed by atoms with Crippen molar-refractivity contribution in [2.75, 3.05) is 23.4 Å². The van der Waals surface area contributed by atoms with Crippen molar-refractivity contribution < 1.29 is 4.74 Å². The summed E-state index contributed by atoms with van der Waals surface area (Å²) in [4.78, 5) is 15.2. The number of hydrazine groups is 1. The molecule has 0 aromatic carbocycles. The van der Waals surface area contributed by atoms with Gasteiger partial charge in [0.2, 0.25) is 11.9 Å². The second-order valence-corrected chi connectivity index (χ2v) is 5.46. The number of nitrogens with two attached hydrogens (primary N) is 1. The zero-order valence-corrected chi connectivity index (χ0v) is 11.7. The van der Waals surface area contributed by atoms with Gasteiger partial charge in [-0.2, -0.15) is 15.0 Å². The van der Waals surface area contributed by atoms with Gasteiger partial charge in [-0.1, -0.05) is 0 Å². The highest BCUT2D eigenvalue weighted by molar-refractivity contribution is 5.38. The summed E-state index contributed by atoms with van der Waals surface area (Å²) in [6.45, 7) is 1.97. The molecule has 110 valence electrons. The van der Waals surface area contributed by atoms with Gasteiger partial charge in [-0.15, -0.1) is 0 Å². The maximum atomic E-state index is 5.86. The molecular formula is C13H22N6O. The van der Waals surface area contributed by atoms with E-state index in [2.05, 4.69) is 25.3 Å². The van der Waals surface area contributed by atoms with Crippen molar-refractivity contribution in [2.45, 2.75) is 51.0 Å². The summed E-state index contributed by atoms with van der Waals surface area (Å²) in [5.41, 5.74) is 2.50. The average Bonchev–Trinajstić information content (AvgIpc) is 3.00. The van der Waals surface area contributed by atoms with Gasteiger partial charge in [-0.3, -0.25) is 5.43 Å². The first-order chi connectivity index (χ1) is 9.85. The predicted molar refractivity (Wildman–Crippen MR) is 76.6 cm³/mol. The van der Waals surface area contributed by atoms with Gasteiger partial charge in [0.05, 0.1) is 0 Å². The van der Waals surface area contributed by atoms with Gasteiger partial charge in [0.15, 0.2) is 0 Å². The lowest BCUT2D eigenvalue weighted by molar-refractivity contribution is 0.192. The molecule has 1 aromatic heterocycles. The van der Waals surface area contributed by atoms with E-state index < -0.39 is 0 Å². The van der Waals surface area contributed by atoms with Gasteiger partial charge in [0, 0.05) is 13.1 Å². The number of hydrogen-bond donors (Lipinski definition) is 2. The Kier molecular flexibility index (Phi) is 4.15. The summed E-state index contributed by atoms with van der Waals surface area (Å²) < 4.78 is 5.86. The van der Waals surface area contributed by atoms with Crippen LogP contribution >= 0.6 is 0 Å². The van der Waals surface area contributed by atoms with E-state index in [0.717, 1.165) is 25.9 Å². The van der Waals surface area contributed by atoms with Crippen molar-refractivity contribution in [3.63, 3.8) is 0 Å². The first kappa shape index (κ1) is 13.4. The Morgan fingerprint density at radius 1 is 1.00 bits per heavy atom. The minimum atomic E-state index is 0.234. The fourth-order valence-corrected chi connectivity index (χ4v) is 2.85. The minimum absolute atomic E-state index is 0.234. The maximum Gasteiger partial charge on any atom is 0.323 e. The topological polar surface area (TPSA) is 89.2 Å². The van der Waals surface area contributed by atoms with E-state index in [1.54, 1.807) is 0 Å². The van der Waals surface area contributed by atoms with Gasteiger partial charge in [-0.25, -0.2) is 5.84 Å². The summed E-state index contributed by atoms with van der Waals surface area (Å²) in [7, 11) is 0. The van der Waals surface area contributed by atoms with Crippen molar-refractivity contribution in [1.29, 1.82) is 0 Å². The van der Waals surface area contributed by atoms with Gasteiger partial charge in [0.25, 0.3) is 0 Å². The van der Waals surface area contributed by atoms with E-state index >= 15 is 0 Å². The van der Waals surface area contributed by atoms with Crippen LogP contribution in [0.5, 0.6) is 6.01 Å². The zero-order chi connectivity index (χ0) is 13.8. The zero-order valence-electron chi connectivity index (χ0n) is 11.7. The molecule has 2 fully saturated rings. The average molecular weight is 278 g/mol. The molecule has 0 atom stereocenters. The Morgan fingerprint density at radius 2 is 1.75 bits per heavy atom. The van der Waals surface area contributed by atoms with Crippen LogP contribution < -0.4 is 20.9 Å². The van der Waals surface area contributed by atoms with Crippen LogP contribution in [0.1, 0.15) is 44.9 Å². The summed E-state index contributed by atoms with van der Waals surface area (Å²) in [5.74, 6) is 6.48. The van der Waals surface area contributed by atoms with Crippen LogP contribution in [0.15, 0.2) is 0 Å². The molecule has 1 aromatic rings. The van der Waals surface area contributed by atoms with E-state index in [4.69, 9.17) is 10.6 Å². The number of ether oxygens (including phenoxy) is 1. The molecular weight excluding hydrogens is 256 g/mol. The number of rotatable bonds is 4. The summed E-state index contributed by atoms with van der Waals surface area (Å²) in [6.07, 6.45) is 8.46. The van der Waals surface area contributed by atoms with Gasteiger partial charge in [0.1, 0.15) is 6.10 Å². The first-order valence-electron chi connectivity index (χ1n) is 7.49. The molecule has 1 saturated heterocycles. The molecule has 7 heteroatoms. The second-order valence-electron chi connectivity index (χ2n) is 5.46. The highest BCUT2D eigenvalue weighted by Crippen LogP contribution is 2.24. The van der Waals surface area contributed by atoms with E-state index in [1.165, 1.54) is 32.1 Å². The van der Waals surface area contributed by atoms with Crippen molar-refractivity contribution in [3.8, 4) is 6.01 Å². The molecule has 1 saturated carbocycles. The molecule has 7 nitrogen and oxygen atoms in total. The van der Waals surface area contributed by atoms with Crippen molar-refractivity contribution >= 4 is 11.9 Å². The lowest BCUT2D eigenvalue weighted by Crippen LogP contribution is -2.31. The van der Waals surface area contributed by atoms with E-state index in [0.29, 0.717) is 17.9 Å². The van der Waals surface area contributed by atoms with Gasteiger partial charge >= 0.3 is 6.01 Å². The number of nitrogens with zero attached hydrogens (tertiary/aromatic N) is 4. The molecule has 0 unspecified atom stereocenters. The first-order valence-corrected chi connectivity index (χ1v) is 7.49. The Hall–Kier alpha value is -1.63. The Bertz CT molecular complexity index is 442. The molecule has 3 N–H and O–H groups in total. The smallest absolute Gasteiger partial charge is 0.323 e. The van der Waals surface area contributed by atoms with Crippen LogP contribution in [-0.2, 0) is 0 Å². The van der Waals surface area contributed by atoms with Crippen molar-refractivity contribution in [2.24, 2.45) is 5.84 Å². The lowest BCUT2D eigenvalue weighted by Gasteiger charge is -2.27. The molecule has 0 bridgehead atoms. The standard InChI is InChI=1S/C13H22N6O/c14-18-11-15-12(19-8-4-1-5-9-19)17-13(16-11)20-10-6-2-3-7-10/h10H,1-9,14H2,(H,15,16,17,18). The molecule has 2 aliphatic rings. The van der Waals surface area contributed by atoms with E-state index in [1.807, 2.05) is 0 Å². The summed E-state index contributed by atoms with van der Waals surface area (Å²) >= 11 is 0. The third kappa shape index (κ3) is 3.09. The van der Waals surface area contributed by atoms with Crippen LogP contribution in [0.2, 0.25) is 0 Å². The van der Waals surface area contributed by atoms with Crippen molar-refractivity contribution in [3.05, 3.63) is 0 Å². The van der Waals surface area contributed by atoms with Crippen LogP contribution in [0, 0.1) is 0 Å². The predicted octanol–water partition coefficient (Wildman–Crippen LogP) is 1.47. The highest BCUT2D eigenvalue weighted by Gasteiger charge is 2.21. The lowest BCUT2D eigenvalue weighted by atomic mass is 10.1. The number of hydrogen-bond acceptors (Lipinski definition) is 7. The molecule has 3 rings (SSSR count). The number of piperidine rings is 1. The number of nitrogen functional groups attached to an aromatic ring is 1. The molecule has 1 aliphatic carbocycles. The fourth-order valence-electron chi connectivity index (χ4n) is 2.85. The highest BCUT2D eigenvalue weighted by atomic mass is 16.5. The van der Waals surface area contributed by atoms with Gasteiger partial charge < -0.3 is 9.64 Å². The van der Waals surface area contributed by atoms with E-state index in [-0.39, 0.29) is 6.10 Å².